The van der Waals surface area contributed by atoms with E-state index < -0.39 is 0 Å². The fourth-order valence-corrected chi connectivity index (χ4v) is 5.77. The molecule has 1 aromatic carbocycles. The number of benzene rings is 1. The van der Waals surface area contributed by atoms with Crippen molar-refractivity contribution in [2.24, 2.45) is 11.8 Å². The van der Waals surface area contributed by atoms with Gasteiger partial charge in [0.05, 0.1) is 24.7 Å². The van der Waals surface area contributed by atoms with Crippen LogP contribution >= 0.6 is 11.3 Å². The van der Waals surface area contributed by atoms with Gasteiger partial charge in [0, 0.05) is 43.2 Å². The van der Waals surface area contributed by atoms with Crippen molar-refractivity contribution < 1.29 is 14.3 Å². The number of hydrogen-bond donors (Lipinski definition) is 1. The van der Waals surface area contributed by atoms with Crippen LogP contribution in [0.4, 0.5) is 5.69 Å². The highest BCUT2D eigenvalue weighted by Crippen LogP contribution is 2.41. The Labute approximate surface area is 200 Å². The van der Waals surface area contributed by atoms with E-state index in [1.165, 1.54) is 0 Å². The molecule has 2 aromatic rings. The molecule has 2 amide bonds. The van der Waals surface area contributed by atoms with Gasteiger partial charge in [-0.15, -0.1) is 11.3 Å². The number of carbonyl (C=O) groups excluding carboxylic acids is 2. The number of aryl methyl sites for hydroxylation is 1. The Morgan fingerprint density at radius 1 is 1.24 bits per heavy atom. The molecule has 178 valence electrons. The monoisotopic (exact) mass is 469 g/mol. The summed E-state index contributed by atoms with van der Waals surface area (Å²) in [6.45, 7) is 10.5. The average molecular weight is 470 g/mol. The van der Waals surface area contributed by atoms with Gasteiger partial charge < -0.3 is 15.0 Å². The van der Waals surface area contributed by atoms with Gasteiger partial charge >= 0.3 is 0 Å². The Balaban J connectivity index is 1.49. The molecule has 0 bridgehead atoms. The van der Waals surface area contributed by atoms with Crippen molar-refractivity contribution in [3.05, 3.63) is 52.2 Å². The second-order valence-electron chi connectivity index (χ2n) is 9.60. The number of anilines is 1. The standard InChI is InChI=1S/C26H35N3O3S/c1-18(2)16-28-12-13-32-21(17-28)15-27-26(31)22-10-11-24(30)29(20-8-6-19(3)7-9-20)25(22)23-5-4-14-33-23/h4-9,14,18,21-22,25H,10-13,15-17H2,1-3H3,(H,27,31). The zero-order valence-corrected chi connectivity index (χ0v) is 20.6. The first-order chi connectivity index (χ1) is 15.9. The zero-order valence-electron chi connectivity index (χ0n) is 19.8. The van der Waals surface area contributed by atoms with Gasteiger partial charge in [-0.25, -0.2) is 0 Å². The summed E-state index contributed by atoms with van der Waals surface area (Å²) in [6, 6.07) is 11.7. The topological polar surface area (TPSA) is 61.9 Å². The molecule has 2 fully saturated rings. The number of amides is 2. The van der Waals surface area contributed by atoms with E-state index in [9.17, 15) is 9.59 Å². The number of carbonyl (C=O) groups is 2. The predicted molar refractivity (Wildman–Crippen MR) is 132 cm³/mol. The summed E-state index contributed by atoms with van der Waals surface area (Å²) in [5.74, 6) is 0.388. The van der Waals surface area contributed by atoms with E-state index in [4.69, 9.17) is 4.74 Å². The highest BCUT2D eigenvalue weighted by atomic mass is 32.1. The first-order valence-corrected chi connectivity index (χ1v) is 12.8. The molecule has 0 radical (unpaired) electrons. The van der Waals surface area contributed by atoms with Gasteiger partial charge in [0.1, 0.15) is 0 Å². The Bertz CT molecular complexity index is 929. The molecule has 0 spiro atoms. The third kappa shape index (κ3) is 5.83. The summed E-state index contributed by atoms with van der Waals surface area (Å²) in [4.78, 5) is 31.8. The molecule has 1 aromatic heterocycles. The first kappa shape index (κ1) is 23.9. The maximum Gasteiger partial charge on any atom is 0.227 e. The minimum Gasteiger partial charge on any atom is -0.374 e. The Kier molecular flexibility index (Phi) is 7.83. The van der Waals surface area contributed by atoms with E-state index in [1.54, 1.807) is 11.3 Å². The van der Waals surface area contributed by atoms with Crippen LogP contribution in [-0.2, 0) is 14.3 Å². The van der Waals surface area contributed by atoms with Gasteiger partial charge in [-0.3, -0.25) is 14.5 Å². The van der Waals surface area contributed by atoms with Crippen LogP contribution in [-0.4, -0.2) is 55.6 Å². The lowest BCUT2D eigenvalue weighted by molar-refractivity contribution is -0.130. The summed E-state index contributed by atoms with van der Waals surface area (Å²) in [6.07, 6.45) is 0.927. The van der Waals surface area contributed by atoms with Crippen LogP contribution in [0.5, 0.6) is 0 Å². The Morgan fingerprint density at radius 3 is 2.73 bits per heavy atom. The SMILES string of the molecule is Cc1ccc(N2C(=O)CCC(C(=O)NCC3CN(CC(C)C)CCO3)C2c2cccs2)cc1. The molecule has 6 nitrogen and oxygen atoms in total. The number of hydrogen-bond acceptors (Lipinski definition) is 5. The highest BCUT2D eigenvalue weighted by Gasteiger charge is 2.42. The minimum absolute atomic E-state index is 0.0000573. The van der Waals surface area contributed by atoms with Crippen molar-refractivity contribution >= 4 is 28.8 Å². The van der Waals surface area contributed by atoms with Crippen molar-refractivity contribution in [3.8, 4) is 0 Å². The lowest BCUT2D eigenvalue weighted by atomic mass is 9.86. The smallest absolute Gasteiger partial charge is 0.227 e. The van der Waals surface area contributed by atoms with Crippen molar-refractivity contribution in [3.63, 3.8) is 0 Å². The average Bonchev–Trinajstić information content (AvgIpc) is 3.32. The quantitative estimate of drug-likeness (QED) is 0.666. The van der Waals surface area contributed by atoms with Crippen LogP contribution in [0, 0.1) is 18.8 Å². The zero-order chi connectivity index (χ0) is 23.4. The molecule has 0 saturated carbocycles. The highest BCUT2D eigenvalue weighted by molar-refractivity contribution is 7.10. The molecule has 4 rings (SSSR count). The molecule has 0 aliphatic carbocycles. The van der Waals surface area contributed by atoms with Crippen LogP contribution in [0.25, 0.3) is 0 Å². The number of nitrogens with zero attached hydrogens (tertiary/aromatic N) is 2. The maximum absolute atomic E-state index is 13.4. The van der Waals surface area contributed by atoms with E-state index in [-0.39, 0.29) is 29.9 Å². The first-order valence-electron chi connectivity index (χ1n) is 12.0. The normalized spacial score (nSPS) is 24.3. The molecule has 33 heavy (non-hydrogen) atoms. The lowest BCUT2D eigenvalue weighted by Gasteiger charge is -2.40. The van der Waals surface area contributed by atoms with Gasteiger partial charge in [-0.1, -0.05) is 37.6 Å². The predicted octanol–water partition coefficient (Wildman–Crippen LogP) is 4.01. The molecule has 7 heteroatoms. The maximum atomic E-state index is 13.4. The molecule has 2 aliphatic rings. The summed E-state index contributed by atoms with van der Waals surface area (Å²) in [5, 5.41) is 5.17. The Morgan fingerprint density at radius 2 is 2.03 bits per heavy atom. The number of thiophene rings is 1. The number of rotatable bonds is 7. The summed E-state index contributed by atoms with van der Waals surface area (Å²) >= 11 is 1.60. The van der Waals surface area contributed by atoms with E-state index in [1.807, 2.05) is 53.6 Å². The van der Waals surface area contributed by atoms with E-state index in [2.05, 4.69) is 24.1 Å². The van der Waals surface area contributed by atoms with Gasteiger partial charge in [0.25, 0.3) is 0 Å². The van der Waals surface area contributed by atoms with Gasteiger partial charge in [0.15, 0.2) is 0 Å². The molecule has 3 heterocycles. The largest absolute Gasteiger partial charge is 0.374 e. The van der Waals surface area contributed by atoms with E-state index >= 15 is 0 Å². The van der Waals surface area contributed by atoms with Gasteiger partial charge in [-0.2, -0.15) is 0 Å². The van der Waals surface area contributed by atoms with E-state index in [0.717, 1.165) is 35.8 Å². The fourth-order valence-electron chi connectivity index (χ4n) is 4.89. The van der Waals surface area contributed by atoms with Crippen molar-refractivity contribution in [1.82, 2.24) is 10.2 Å². The number of nitrogens with one attached hydrogen (secondary N) is 1. The molecule has 1 N–H and O–H groups in total. The second-order valence-corrected chi connectivity index (χ2v) is 10.6. The number of morpholine rings is 1. The Hall–Kier alpha value is -2.22. The third-order valence-corrected chi connectivity index (χ3v) is 7.37. The van der Waals surface area contributed by atoms with Gasteiger partial charge in [-0.05, 0) is 42.8 Å². The molecule has 2 saturated heterocycles. The van der Waals surface area contributed by atoms with Crippen molar-refractivity contribution in [2.45, 2.75) is 45.8 Å². The molecule has 2 aliphatic heterocycles. The molecular weight excluding hydrogens is 434 g/mol. The van der Waals surface area contributed by atoms with E-state index in [0.29, 0.717) is 31.9 Å². The molecular formula is C26H35N3O3S. The summed E-state index contributed by atoms with van der Waals surface area (Å²) in [7, 11) is 0. The van der Waals surface area contributed by atoms with Crippen LogP contribution in [0.15, 0.2) is 41.8 Å². The summed E-state index contributed by atoms with van der Waals surface area (Å²) in [5.41, 5.74) is 1.99. The van der Waals surface area contributed by atoms with Crippen LogP contribution in [0.1, 0.15) is 43.2 Å². The number of ether oxygens (including phenoxy) is 1. The molecule has 3 unspecified atom stereocenters. The molecule has 3 atom stereocenters. The number of piperidine rings is 1. The lowest BCUT2D eigenvalue weighted by Crippen LogP contribution is -2.51. The van der Waals surface area contributed by atoms with Crippen molar-refractivity contribution in [1.29, 1.82) is 0 Å². The van der Waals surface area contributed by atoms with Crippen LogP contribution in [0.2, 0.25) is 0 Å². The van der Waals surface area contributed by atoms with Crippen LogP contribution in [0.3, 0.4) is 0 Å². The second kappa shape index (κ2) is 10.8. The van der Waals surface area contributed by atoms with Crippen LogP contribution < -0.4 is 10.2 Å². The summed E-state index contributed by atoms with van der Waals surface area (Å²) < 4.78 is 5.93. The fraction of sp³-hybridized carbons (Fsp3) is 0.538. The van der Waals surface area contributed by atoms with Crippen molar-refractivity contribution in [2.75, 3.05) is 37.7 Å². The van der Waals surface area contributed by atoms with Gasteiger partial charge in [0.2, 0.25) is 11.8 Å². The minimum atomic E-state index is -0.294. The third-order valence-electron chi connectivity index (χ3n) is 6.43.